The van der Waals surface area contributed by atoms with E-state index in [0.29, 0.717) is 0 Å². The zero-order valence-corrected chi connectivity index (χ0v) is 13.7. The van der Waals surface area contributed by atoms with E-state index in [9.17, 15) is 0 Å². The molecule has 1 N–H and O–H groups in total. The van der Waals surface area contributed by atoms with Crippen molar-refractivity contribution in [3.8, 4) is 0 Å². The number of allylic oxidation sites excluding steroid dienone is 1. The summed E-state index contributed by atoms with van der Waals surface area (Å²) < 4.78 is 0. The van der Waals surface area contributed by atoms with Gasteiger partial charge < -0.3 is 10.2 Å². The van der Waals surface area contributed by atoms with E-state index < -0.39 is 0 Å². The van der Waals surface area contributed by atoms with Crippen LogP contribution in [-0.2, 0) is 0 Å². The molecule has 1 aliphatic rings. The lowest BCUT2D eigenvalue weighted by molar-refractivity contribution is 0.765. The van der Waals surface area contributed by atoms with Crippen molar-refractivity contribution in [3.63, 3.8) is 0 Å². The molecule has 2 nitrogen and oxygen atoms in total. The molecule has 3 rings (SSSR count). The van der Waals surface area contributed by atoms with Crippen LogP contribution < -0.4 is 10.2 Å². The minimum Gasteiger partial charge on any atom is -0.388 e. The topological polar surface area (TPSA) is 15.3 Å². The van der Waals surface area contributed by atoms with Gasteiger partial charge in [0, 0.05) is 36.9 Å². The number of nitrogens with one attached hydrogen (secondary N) is 1. The maximum absolute atomic E-state index is 4.12. The van der Waals surface area contributed by atoms with Crippen molar-refractivity contribution in [2.24, 2.45) is 0 Å². The van der Waals surface area contributed by atoms with Crippen LogP contribution in [0.15, 0.2) is 59.7 Å². The zero-order valence-electron chi connectivity index (χ0n) is 13.7. The van der Waals surface area contributed by atoms with Crippen molar-refractivity contribution in [1.82, 2.24) is 0 Å². The highest BCUT2D eigenvalue weighted by Gasteiger charge is 2.19. The predicted molar refractivity (Wildman–Crippen MR) is 97.8 cm³/mol. The van der Waals surface area contributed by atoms with E-state index in [1.807, 2.05) is 7.05 Å². The molecule has 2 aromatic rings. The van der Waals surface area contributed by atoms with Gasteiger partial charge in [-0.25, -0.2) is 0 Å². The van der Waals surface area contributed by atoms with Gasteiger partial charge in [0.1, 0.15) is 0 Å². The summed E-state index contributed by atoms with van der Waals surface area (Å²) in [6.45, 7) is 10.5. The molecule has 0 aliphatic carbocycles. The molecule has 1 aliphatic heterocycles. The molecule has 2 aromatic carbocycles. The van der Waals surface area contributed by atoms with Crippen LogP contribution in [0.5, 0.6) is 0 Å². The maximum Gasteiger partial charge on any atom is 0.0469 e. The van der Waals surface area contributed by atoms with Crippen molar-refractivity contribution in [2.75, 3.05) is 30.4 Å². The van der Waals surface area contributed by atoms with Crippen LogP contribution in [-0.4, -0.2) is 20.1 Å². The number of benzene rings is 2. The van der Waals surface area contributed by atoms with Crippen molar-refractivity contribution in [1.29, 1.82) is 0 Å². The van der Waals surface area contributed by atoms with E-state index in [2.05, 4.69) is 67.0 Å². The highest BCUT2D eigenvalue weighted by molar-refractivity contribution is 5.97. The molecule has 0 saturated heterocycles. The van der Waals surface area contributed by atoms with Gasteiger partial charge in [-0.05, 0) is 43.4 Å². The lowest BCUT2D eigenvalue weighted by atomic mass is 9.95. The minimum absolute atomic E-state index is 0.985. The summed E-state index contributed by atoms with van der Waals surface area (Å²) in [5.41, 5.74) is 6.59. The number of hydrogen-bond acceptors (Lipinski definition) is 2. The van der Waals surface area contributed by atoms with Gasteiger partial charge in [-0.2, -0.15) is 0 Å². The normalized spacial score (nSPS) is 15.3. The molecule has 0 spiro atoms. The highest BCUT2D eigenvalue weighted by Crippen LogP contribution is 2.34. The molecule has 0 saturated carbocycles. The summed E-state index contributed by atoms with van der Waals surface area (Å²) in [6.07, 6.45) is 1.08. The van der Waals surface area contributed by atoms with Crippen LogP contribution in [0.2, 0.25) is 0 Å². The fraction of sp³-hybridized carbons (Fsp3) is 0.300. The Balaban J connectivity index is 2.06. The first-order valence-electron chi connectivity index (χ1n) is 7.90. The lowest BCUT2D eigenvalue weighted by Crippen LogP contribution is -2.31. The summed E-state index contributed by atoms with van der Waals surface area (Å²) in [4.78, 5) is 2.49. The van der Waals surface area contributed by atoms with Crippen LogP contribution in [0.4, 0.5) is 11.4 Å². The predicted octanol–water partition coefficient (Wildman–Crippen LogP) is 4.98. The molecule has 0 amide bonds. The molecule has 0 bridgehead atoms. The molecule has 114 valence electrons. The Bertz CT molecular complexity index is 755. The second kappa shape index (κ2) is 5.88. The van der Waals surface area contributed by atoms with Crippen LogP contribution in [0.25, 0.3) is 10.8 Å². The molecule has 0 unspecified atom stereocenters. The molecule has 0 aromatic heterocycles. The second-order valence-corrected chi connectivity index (χ2v) is 6.18. The van der Waals surface area contributed by atoms with Gasteiger partial charge in [-0.15, -0.1) is 0 Å². The Morgan fingerprint density at radius 2 is 2.00 bits per heavy atom. The third kappa shape index (κ3) is 2.61. The quantitative estimate of drug-likeness (QED) is 0.858. The van der Waals surface area contributed by atoms with Gasteiger partial charge in [-0.3, -0.25) is 0 Å². The van der Waals surface area contributed by atoms with Crippen LogP contribution in [0.3, 0.4) is 0 Å². The molecule has 22 heavy (non-hydrogen) atoms. The van der Waals surface area contributed by atoms with E-state index in [1.54, 1.807) is 0 Å². The molecule has 2 heteroatoms. The van der Waals surface area contributed by atoms with E-state index in [1.165, 1.54) is 38.9 Å². The second-order valence-electron chi connectivity index (χ2n) is 6.18. The Hall–Kier alpha value is -2.22. The number of hydrogen-bond donors (Lipinski definition) is 1. The molecule has 1 heterocycles. The Morgan fingerprint density at radius 1 is 1.23 bits per heavy atom. The van der Waals surface area contributed by atoms with E-state index in [-0.39, 0.29) is 0 Å². The van der Waals surface area contributed by atoms with Crippen molar-refractivity contribution in [2.45, 2.75) is 20.3 Å². The zero-order chi connectivity index (χ0) is 15.7. The van der Waals surface area contributed by atoms with Crippen LogP contribution >= 0.6 is 0 Å². The first-order valence-corrected chi connectivity index (χ1v) is 7.90. The lowest BCUT2D eigenvalue weighted by Gasteiger charge is -2.33. The van der Waals surface area contributed by atoms with Gasteiger partial charge in [0.2, 0.25) is 0 Å². The average Bonchev–Trinajstić information content (AvgIpc) is 2.53. The molecular formula is C20H24N2. The van der Waals surface area contributed by atoms with E-state index in [0.717, 1.165) is 19.5 Å². The third-order valence-electron chi connectivity index (χ3n) is 4.56. The maximum atomic E-state index is 4.12. The first kappa shape index (κ1) is 14.7. The minimum atomic E-state index is 0.985. The Morgan fingerprint density at radius 3 is 2.68 bits per heavy atom. The van der Waals surface area contributed by atoms with Crippen molar-refractivity contribution >= 4 is 22.1 Å². The van der Waals surface area contributed by atoms with Gasteiger partial charge in [0.15, 0.2) is 0 Å². The van der Waals surface area contributed by atoms with Gasteiger partial charge in [-0.1, -0.05) is 42.0 Å². The smallest absolute Gasteiger partial charge is 0.0469 e. The van der Waals surface area contributed by atoms with E-state index >= 15 is 0 Å². The van der Waals surface area contributed by atoms with Crippen molar-refractivity contribution in [3.05, 3.63) is 59.7 Å². The van der Waals surface area contributed by atoms with Crippen LogP contribution in [0, 0.1) is 0 Å². The summed E-state index contributed by atoms with van der Waals surface area (Å²) >= 11 is 0. The summed E-state index contributed by atoms with van der Waals surface area (Å²) in [6, 6.07) is 13.1. The Kier molecular flexibility index (Phi) is 3.93. The van der Waals surface area contributed by atoms with E-state index in [4.69, 9.17) is 0 Å². The standard InChI is InChI=1S/C20H24N2/c1-14(2)18-9-10-22(13-15(18)3)20-12-17(21-4)11-16-7-5-6-8-19(16)20/h5-8,11-12,21H,1,9-10,13H2,2-4H3. The monoisotopic (exact) mass is 292 g/mol. The average molecular weight is 292 g/mol. The number of fused-ring (bicyclic) bond motifs is 1. The number of nitrogens with zero attached hydrogens (tertiary/aromatic N) is 1. The Labute approximate surface area is 133 Å². The summed E-state index contributed by atoms with van der Waals surface area (Å²) in [5, 5.41) is 5.90. The third-order valence-corrected chi connectivity index (χ3v) is 4.56. The summed E-state index contributed by atoms with van der Waals surface area (Å²) in [7, 11) is 1.98. The molecular weight excluding hydrogens is 268 g/mol. The van der Waals surface area contributed by atoms with Gasteiger partial charge in [0.25, 0.3) is 0 Å². The number of anilines is 2. The van der Waals surface area contributed by atoms with Gasteiger partial charge >= 0.3 is 0 Å². The molecule has 0 radical (unpaired) electrons. The summed E-state index contributed by atoms with van der Waals surface area (Å²) in [5.74, 6) is 0. The fourth-order valence-electron chi connectivity index (χ4n) is 3.40. The highest BCUT2D eigenvalue weighted by atomic mass is 15.1. The molecule has 0 atom stereocenters. The SMILES string of the molecule is C=C(C)C1=C(C)CN(c2cc(NC)cc3ccccc23)CC1. The molecule has 0 fully saturated rings. The largest absolute Gasteiger partial charge is 0.388 e. The number of rotatable bonds is 3. The van der Waals surface area contributed by atoms with Crippen LogP contribution in [0.1, 0.15) is 20.3 Å². The first-order chi connectivity index (χ1) is 10.6. The van der Waals surface area contributed by atoms with Gasteiger partial charge in [0.05, 0.1) is 0 Å². The van der Waals surface area contributed by atoms with Crippen molar-refractivity contribution < 1.29 is 0 Å². The fourth-order valence-corrected chi connectivity index (χ4v) is 3.40.